The number of ether oxygens (including phenoxy) is 4. The summed E-state index contributed by atoms with van der Waals surface area (Å²) in [6.45, 7) is 3.44. The number of hydrogen-bond acceptors (Lipinski definition) is 16. The van der Waals surface area contributed by atoms with Gasteiger partial charge in [-0.15, -0.1) is 0 Å². The van der Waals surface area contributed by atoms with Crippen LogP contribution in [0, 0.1) is 0 Å². The van der Waals surface area contributed by atoms with Crippen LogP contribution in [0.5, 0.6) is 0 Å². The van der Waals surface area contributed by atoms with Crippen molar-refractivity contribution in [1.29, 1.82) is 0 Å². The smallest absolute Gasteiger partial charge is 0.234 e. The van der Waals surface area contributed by atoms with Gasteiger partial charge in [-0.05, 0) is 33.6 Å². The number of nitrogens with zero attached hydrogens (tertiary/aromatic N) is 1. The first-order valence-electron chi connectivity index (χ1n) is 17.2. The Balaban J connectivity index is 1.83. The summed E-state index contributed by atoms with van der Waals surface area (Å²) < 4.78 is 21.4. The number of rotatable bonds is 22. The molecule has 0 radical (unpaired) electrons. The van der Waals surface area contributed by atoms with Crippen molar-refractivity contribution in [2.45, 2.75) is 114 Å². The Kier molecular flexibility index (Phi) is 20.2. The molecule has 51 heavy (non-hydrogen) atoms. The first-order valence-corrected chi connectivity index (χ1v) is 17.2. The summed E-state index contributed by atoms with van der Waals surface area (Å²) in [5, 5.41) is 79.6. The molecule has 0 aromatic heterocycles. The maximum Gasteiger partial charge on any atom is 0.234 e. The van der Waals surface area contributed by atoms with Gasteiger partial charge >= 0.3 is 0 Å². The lowest BCUT2D eigenvalue weighted by atomic mass is 9.99. The molecule has 0 aromatic carbocycles. The molecule has 2 saturated heterocycles. The Morgan fingerprint density at radius 3 is 1.65 bits per heavy atom. The molecule has 2 fully saturated rings. The summed E-state index contributed by atoms with van der Waals surface area (Å²) >= 11 is 0. The van der Waals surface area contributed by atoms with Crippen molar-refractivity contribution in [3.63, 3.8) is 0 Å². The third-order valence-corrected chi connectivity index (χ3v) is 8.02. The van der Waals surface area contributed by atoms with Crippen LogP contribution in [-0.2, 0) is 38.1 Å². The van der Waals surface area contributed by atoms with E-state index in [4.69, 9.17) is 18.9 Å². The molecule has 0 unspecified atom stereocenters. The average molecular weight is 740 g/mol. The lowest BCUT2D eigenvalue weighted by Crippen LogP contribution is -2.59. The Labute approximate surface area is 296 Å². The van der Waals surface area contributed by atoms with Gasteiger partial charge < -0.3 is 76.0 Å². The quantitative estimate of drug-likeness (QED) is 0.0462. The highest BCUT2D eigenvalue weighted by molar-refractivity contribution is 5.84. The largest absolute Gasteiger partial charge is 0.394 e. The van der Waals surface area contributed by atoms with Gasteiger partial charge in [0, 0.05) is 32.1 Å². The summed E-state index contributed by atoms with van der Waals surface area (Å²) in [5.74, 6) is -1.62. The molecule has 296 valence electrons. The zero-order chi connectivity index (χ0) is 38.1. The third-order valence-electron chi connectivity index (χ3n) is 8.02. The Bertz CT molecular complexity index is 1070. The number of amides is 4. The summed E-state index contributed by atoms with van der Waals surface area (Å²) in [7, 11) is 0. The third kappa shape index (κ3) is 15.9. The Morgan fingerprint density at radius 2 is 1.14 bits per heavy atom. The van der Waals surface area contributed by atoms with Crippen LogP contribution in [0.1, 0.15) is 46.5 Å². The maximum atomic E-state index is 12.7. The molecule has 11 N–H and O–H groups in total. The van der Waals surface area contributed by atoms with Crippen molar-refractivity contribution in [3.8, 4) is 0 Å². The van der Waals surface area contributed by atoms with E-state index < -0.39 is 85.7 Å². The van der Waals surface area contributed by atoms with Crippen LogP contribution in [0.4, 0.5) is 0 Å². The highest BCUT2D eigenvalue weighted by Crippen LogP contribution is 2.22. The van der Waals surface area contributed by atoms with Gasteiger partial charge in [-0.2, -0.15) is 0 Å². The second kappa shape index (κ2) is 23.1. The van der Waals surface area contributed by atoms with Crippen molar-refractivity contribution < 1.29 is 73.9 Å². The zero-order valence-corrected chi connectivity index (χ0v) is 29.4. The molecular formula is C31H57N5O15. The van der Waals surface area contributed by atoms with E-state index in [1.54, 1.807) is 0 Å². The fourth-order valence-corrected chi connectivity index (χ4v) is 5.24. The highest BCUT2D eigenvalue weighted by atomic mass is 16.7. The van der Waals surface area contributed by atoms with Crippen LogP contribution in [0.3, 0.4) is 0 Å². The summed E-state index contributed by atoms with van der Waals surface area (Å²) in [6, 6.07) is 0.0574. The Hall–Kier alpha value is -2.60. The van der Waals surface area contributed by atoms with Gasteiger partial charge in [0.25, 0.3) is 0 Å². The molecular weight excluding hydrogens is 682 g/mol. The number of carbonyl (C=O) groups is 4. The summed E-state index contributed by atoms with van der Waals surface area (Å²) in [4.78, 5) is 51.2. The van der Waals surface area contributed by atoms with Gasteiger partial charge in [-0.1, -0.05) is 6.42 Å². The molecule has 2 heterocycles. The number of nitrogens with one attached hydrogen (secondary N) is 4. The van der Waals surface area contributed by atoms with Crippen LogP contribution in [0.2, 0.25) is 0 Å². The van der Waals surface area contributed by atoms with Gasteiger partial charge in [0.2, 0.25) is 23.6 Å². The van der Waals surface area contributed by atoms with E-state index in [0.717, 1.165) is 0 Å². The summed E-state index contributed by atoms with van der Waals surface area (Å²) in [5.41, 5.74) is 0. The predicted octanol–water partition coefficient (Wildman–Crippen LogP) is -5.62. The molecule has 20 nitrogen and oxygen atoms in total. The standard InChI is InChI=1S/C31H57N5O15/c1-17(2)35-20(38)7-5-4-6-8-32-21(39)13-36(14-22(40)33-9-11-48-30-28(46)26(44)24(42)18(3)50-30)15-23(41)34-10-12-49-31-29(47)27(45)25(43)19(16-37)51-31/h17-19,24-31,37,42-47H,4-16H2,1-3H3,(H,32,39)(H,33,40)(H,34,41)(H,35,38)/t18-,19+,24+,25+,26+,27-,28-,29-,30+,31-/m0/s1. The minimum Gasteiger partial charge on any atom is -0.394 e. The molecule has 10 atom stereocenters. The van der Waals surface area contributed by atoms with Gasteiger partial charge in [-0.3, -0.25) is 24.1 Å². The van der Waals surface area contributed by atoms with Crippen LogP contribution < -0.4 is 21.3 Å². The molecule has 2 aliphatic heterocycles. The van der Waals surface area contributed by atoms with E-state index in [2.05, 4.69) is 21.3 Å². The van der Waals surface area contributed by atoms with Crippen molar-refractivity contribution >= 4 is 23.6 Å². The van der Waals surface area contributed by atoms with Gasteiger partial charge in [0.05, 0.1) is 45.6 Å². The second-order valence-electron chi connectivity index (χ2n) is 12.8. The van der Waals surface area contributed by atoms with Crippen molar-refractivity contribution in [2.75, 3.05) is 59.1 Å². The van der Waals surface area contributed by atoms with E-state index >= 15 is 0 Å². The predicted molar refractivity (Wildman–Crippen MR) is 175 cm³/mol. The topological polar surface area (TPSA) is 298 Å². The minimum absolute atomic E-state index is 0.0404. The average Bonchev–Trinajstić information content (AvgIpc) is 3.07. The first kappa shape index (κ1) is 44.6. The van der Waals surface area contributed by atoms with E-state index in [-0.39, 0.29) is 57.9 Å². The van der Waals surface area contributed by atoms with Gasteiger partial charge in [0.15, 0.2) is 12.6 Å². The molecule has 2 aliphatic rings. The second-order valence-corrected chi connectivity index (χ2v) is 12.8. The van der Waals surface area contributed by atoms with E-state index in [0.29, 0.717) is 32.2 Å². The van der Waals surface area contributed by atoms with E-state index in [1.807, 2.05) is 13.8 Å². The lowest BCUT2D eigenvalue weighted by Gasteiger charge is -2.39. The maximum absolute atomic E-state index is 12.7. The first-order chi connectivity index (χ1) is 24.1. The van der Waals surface area contributed by atoms with Crippen LogP contribution >= 0.6 is 0 Å². The summed E-state index contributed by atoms with van der Waals surface area (Å²) in [6.07, 6.45) is -11.3. The van der Waals surface area contributed by atoms with Crippen molar-refractivity contribution in [3.05, 3.63) is 0 Å². The molecule has 0 aromatic rings. The van der Waals surface area contributed by atoms with Crippen LogP contribution in [0.15, 0.2) is 0 Å². The number of carbonyl (C=O) groups excluding carboxylic acids is 4. The molecule has 0 aliphatic carbocycles. The highest BCUT2D eigenvalue weighted by Gasteiger charge is 2.44. The van der Waals surface area contributed by atoms with Gasteiger partial charge in [-0.25, -0.2) is 0 Å². The minimum atomic E-state index is -1.62. The van der Waals surface area contributed by atoms with Crippen LogP contribution in [0.25, 0.3) is 0 Å². The molecule has 4 amide bonds. The molecule has 2 rings (SSSR count). The van der Waals surface area contributed by atoms with E-state index in [9.17, 15) is 54.9 Å². The van der Waals surface area contributed by atoms with Crippen molar-refractivity contribution in [2.24, 2.45) is 0 Å². The molecule has 0 bridgehead atoms. The van der Waals surface area contributed by atoms with Gasteiger partial charge in [0.1, 0.15) is 42.7 Å². The molecule has 0 saturated carbocycles. The molecule has 0 spiro atoms. The van der Waals surface area contributed by atoms with Crippen molar-refractivity contribution in [1.82, 2.24) is 26.2 Å². The number of unbranched alkanes of at least 4 members (excludes halogenated alkanes) is 2. The SMILES string of the molecule is CC(C)NC(=O)CCCCCNC(=O)CN(CC(=O)NCCO[C@H]1O[C@H](CO)[C@@H](O)[C@H](O)[C@@H]1O)CC(=O)NCCO[C@@H]1O[C@@H](C)[C@@H](O)[C@@H](O)[C@@H]1O. The number of aliphatic hydroxyl groups excluding tert-OH is 7. The fraction of sp³-hybridized carbons (Fsp3) is 0.871. The zero-order valence-electron chi connectivity index (χ0n) is 29.4. The van der Waals surface area contributed by atoms with E-state index in [1.165, 1.54) is 11.8 Å². The van der Waals surface area contributed by atoms with Crippen LogP contribution in [-0.4, -0.2) is 191 Å². The normalized spacial score (nSPS) is 29.5. The lowest BCUT2D eigenvalue weighted by molar-refractivity contribution is -0.300. The monoisotopic (exact) mass is 739 g/mol. The number of hydrogen-bond donors (Lipinski definition) is 11. The Morgan fingerprint density at radius 1 is 0.647 bits per heavy atom. The fourth-order valence-electron chi connectivity index (χ4n) is 5.24. The molecule has 20 heteroatoms. The number of aliphatic hydroxyl groups is 7.